The number of methoxy groups -OCH3 is 1. The molecule has 1 aliphatic rings. The Kier molecular flexibility index (Phi) is 3.76. The number of fused-ring (bicyclic) bond motifs is 1. The molecule has 0 spiro atoms. The van der Waals surface area contributed by atoms with E-state index in [-0.39, 0.29) is 5.82 Å². The van der Waals surface area contributed by atoms with Crippen LogP contribution in [0.25, 0.3) is 0 Å². The van der Waals surface area contributed by atoms with Gasteiger partial charge in [0.25, 0.3) is 0 Å². The summed E-state index contributed by atoms with van der Waals surface area (Å²) in [6.45, 7) is 0. The van der Waals surface area contributed by atoms with Crippen molar-refractivity contribution in [2.24, 2.45) is 5.73 Å². The Morgan fingerprint density at radius 2 is 2.10 bits per heavy atom. The van der Waals surface area contributed by atoms with Crippen molar-refractivity contribution < 1.29 is 9.13 Å². The van der Waals surface area contributed by atoms with E-state index in [2.05, 4.69) is 15.9 Å². The van der Waals surface area contributed by atoms with Crippen molar-refractivity contribution >= 4 is 15.9 Å². The predicted octanol–water partition coefficient (Wildman–Crippen LogP) is 3.94. The Hall–Kier alpha value is -1.39. The summed E-state index contributed by atoms with van der Waals surface area (Å²) in [5.74, 6) is 0.620. The second-order valence-electron chi connectivity index (χ2n) is 5.59. The van der Waals surface area contributed by atoms with Crippen LogP contribution < -0.4 is 10.5 Å². The van der Waals surface area contributed by atoms with Gasteiger partial charge in [0.2, 0.25) is 0 Å². The summed E-state index contributed by atoms with van der Waals surface area (Å²) in [5, 5.41) is 0. The third-order valence-electron chi connectivity index (χ3n) is 4.20. The lowest BCUT2D eigenvalue weighted by molar-refractivity contribution is 0.410. The summed E-state index contributed by atoms with van der Waals surface area (Å²) in [5.41, 5.74) is 9.37. The molecule has 0 saturated carbocycles. The number of nitrogens with two attached hydrogens (primary N) is 1. The van der Waals surface area contributed by atoms with Crippen molar-refractivity contribution in [1.82, 2.24) is 0 Å². The van der Waals surface area contributed by atoms with Crippen LogP contribution in [0.5, 0.6) is 5.75 Å². The van der Waals surface area contributed by atoms with E-state index < -0.39 is 5.54 Å². The summed E-state index contributed by atoms with van der Waals surface area (Å²) in [4.78, 5) is 0. The molecular formula is C17H17BrFNO. The summed E-state index contributed by atoms with van der Waals surface area (Å²) < 4.78 is 19.6. The average molecular weight is 350 g/mol. The fraction of sp³-hybridized carbons (Fsp3) is 0.294. The summed E-state index contributed by atoms with van der Waals surface area (Å²) in [6.07, 6.45) is 2.35. The highest BCUT2D eigenvalue weighted by atomic mass is 79.9. The molecule has 1 atom stereocenters. The first-order chi connectivity index (χ1) is 10.0. The molecular weight excluding hydrogens is 333 g/mol. The van der Waals surface area contributed by atoms with Crippen LogP contribution >= 0.6 is 15.9 Å². The number of halogens is 2. The zero-order valence-corrected chi connectivity index (χ0v) is 13.4. The van der Waals surface area contributed by atoms with Gasteiger partial charge in [-0.3, -0.25) is 0 Å². The summed E-state index contributed by atoms with van der Waals surface area (Å²) in [6, 6.07) is 10.8. The zero-order valence-electron chi connectivity index (χ0n) is 11.8. The third-order valence-corrected chi connectivity index (χ3v) is 4.98. The largest absolute Gasteiger partial charge is 0.497 e. The molecule has 0 saturated heterocycles. The Morgan fingerprint density at radius 3 is 2.86 bits per heavy atom. The topological polar surface area (TPSA) is 35.2 Å². The quantitative estimate of drug-likeness (QED) is 0.910. The molecule has 2 aromatic carbocycles. The highest BCUT2D eigenvalue weighted by Crippen LogP contribution is 2.39. The highest BCUT2D eigenvalue weighted by molar-refractivity contribution is 9.10. The Morgan fingerprint density at radius 1 is 1.29 bits per heavy atom. The molecule has 4 heteroatoms. The van der Waals surface area contributed by atoms with Crippen molar-refractivity contribution in [3.63, 3.8) is 0 Å². The van der Waals surface area contributed by atoms with Gasteiger partial charge in [-0.25, -0.2) is 4.39 Å². The number of hydrogen-bond acceptors (Lipinski definition) is 2. The molecule has 0 aromatic heterocycles. The van der Waals surface area contributed by atoms with Gasteiger partial charge in [-0.1, -0.05) is 22.0 Å². The lowest BCUT2D eigenvalue weighted by Crippen LogP contribution is -2.36. The monoisotopic (exact) mass is 349 g/mol. The standard InChI is InChI=1S/C17H17BrFNO/c1-21-14-3-5-16(18)12(9-14)10-17(20)7-6-11-8-13(19)2-4-15(11)17/h2-5,8-9H,6-7,10,20H2,1H3. The van der Waals surface area contributed by atoms with Crippen molar-refractivity contribution in [1.29, 1.82) is 0 Å². The molecule has 0 aliphatic heterocycles. The molecule has 3 rings (SSSR count). The number of rotatable bonds is 3. The fourth-order valence-electron chi connectivity index (χ4n) is 3.08. The molecule has 0 radical (unpaired) electrons. The van der Waals surface area contributed by atoms with Gasteiger partial charge in [0.1, 0.15) is 11.6 Å². The molecule has 0 amide bonds. The molecule has 2 aromatic rings. The first kappa shape index (κ1) is 14.5. The molecule has 1 aliphatic carbocycles. The number of benzene rings is 2. The molecule has 2 N–H and O–H groups in total. The van der Waals surface area contributed by atoms with Crippen LogP contribution in [0.3, 0.4) is 0 Å². The van der Waals surface area contributed by atoms with Crippen LogP contribution in [0.4, 0.5) is 4.39 Å². The zero-order chi connectivity index (χ0) is 15.0. The Labute approximate surface area is 132 Å². The molecule has 0 heterocycles. The minimum atomic E-state index is -0.447. The predicted molar refractivity (Wildman–Crippen MR) is 85.0 cm³/mol. The van der Waals surface area contributed by atoms with E-state index in [9.17, 15) is 4.39 Å². The van der Waals surface area contributed by atoms with Gasteiger partial charge in [-0.15, -0.1) is 0 Å². The Bertz CT molecular complexity index is 688. The molecule has 110 valence electrons. The number of ether oxygens (including phenoxy) is 1. The average Bonchev–Trinajstić information content (AvgIpc) is 2.78. The van der Waals surface area contributed by atoms with E-state index >= 15 is 0 Å². The minimum Gasteiger partial charge on any atom is -0.497 e. The number of hydrogen-bond donors (Lipinski definition) is 1. The normalized spacial score (nSPS) is 20.4. The van der Waals surface area contributed by atoms with Crippen molar-refractivity contribution in [2.45, 2.75) is 24.8 Å². The lowest BCUT2D eigenvalue weighted by Gasteiger charge is -2.26. The van der Waals surface area contributed by atoms with E-state index in [1.165, 1.54) is 6.07 Å². The third kappa shape index (κ3) is 2.70. The van der Waals surface area contributed by atoms with Gasteiger partial charge in [-0.2, -0.15) is 0 Å². The first-order valence-electron chi connectivity index (χ1n) is 6.92. The minimum absolute atomic E-state index is 0.194. The maximum absolute atomic E-state index is 13.3. The summed E-state index contributed by atoms with van der Waals surface area (Å²) >= 11 is 3.57. The van der Waals surface area contributed by atoms with Crippen LogP contribution in [0.1, 0.15) is 23.1 Å². The van der Waals surface area contributed by atoms with Crippen molar-refractivity contribution in [3.05, 3.63) is 63.4 Å². The van der Waals surface area contributed by atoms with Gasteiger partial charge in [-0.05, 0) is 66.3 Å². The van der Waals surface area contributed by atoms with Crippen molar-refractivity contribution in [3.8, 4) is 5.75 Å². The second kappa shape index (κ2) is 5.43. The first-order valence-corrected chi connectivity index (χ1v) is 7.71. The van der Waals surface area contributed by atoms with Crippen LogP contribution in [0.2, 0.25) is 0 Å². The van der Waals surface area contributed by atoms with Crippen LogP contribution in [-0.2, 0) is 18.4 Å². The molecule has 1 unspecified atom stereocenters. The van der Waals surface area contributed by atoms with E-state index in [0.29, 0.717) is 6.42 Å². The van der Waals surface area contributed by atoms with Gasteiger partial charge < -0.3 is 10.5 Å². The SMILES string of the molecule is COc1ccc(Br)c(CC2(N)CCc3cc(F)ccc32)c1. The second-order valence-corrected chi connectivity index (χ2v) is 6.45. The van der Waals surface area contributed by atoms with E-state index in [0.717, 1.165) is 39.8 Å². The van der Waals surface area contributed by atoms with Gasteiger partial charge in [0, 0.05) is 10.0 Å². The van der Waals surface area contributed by atoms with Crippen LogP contribution in [0.15, 0.2) is 40.9 Å². The number of aryl methyl sites for hydroxylation is 1. The fourth-order valence-corrected chi connectivity index (χ4v) is 3.47. The van der Waals surface area contributed by atoms with Crippen LogP contribution in [-0.4, -0.2) is 7.11 Å². The van der Waals surface area contributed by atoms with E-state index in [1.54, 1.807) is 13.2 Å². The molecule has 21 heavy (non-hydrogen) atoms. The smallest absolute Gasteiger partial charge is 0.123 e. The van der Waals surface area contributed by atoms with Crippen molar-refractivity contribution in [2.75, 3.05) is 7.11 Å². The van der Waals surface area contributed by atoms with Gasteiger partial charge in [0.05, 0.1) is 7.11 Å². The van der Waals surface area contributed by atoms with Crippen LogP contribution in [0, 0.1) is 5.82 Å². The molecule has 0 fully saturated rings. The van der Waals surface area contributed by atoms with Gasteiger partial charge in [0.15, 0.2) is 0 Å². The summed E-state index contributed by atoms with van der Waals surface area (Å²) in [7, 11) is 1.65. The highest BCUT2D eigenvalue weighted by Gasteiger charge is 2.35. The van der Waals surface area contributed by atoms with Gasteiger partial charge >= 0.3 is 0 Å². The molecule has 2 nitrogen and oxygen atoms in total. The maximum atomic E-state index is 13.3. The Balaban J connectivity index is 1.96. The van der Waals surface area contributed by atoms with E-state index in [1.807, 2.05) is 24.3 Å². The van der Waals surface area contributed by atoms with E-state index in [4.69, 9.17) is 10.5 Å². The molecule has 0 bridgehead atoms. The lowest BCUT2D eigenvalue weighted by atomic mass is 9.86. The maximum Gasteiger partial charge on any atom is 0.123 e.